The average Bonchev–Trinajstić information content (AvgIpc) is 2.36. The van der Waals surface area contributed by atoms with Gasteiger partial charge in [-0.15, -0.1) is 0 Å². The third-order valence-electron chi connectivity index (χ3n) is 3.08. The molecule has 1 atom stereocenters. The van der Waals surface area contributed by atoms with Gasteiger partial charge in [0.1, 0.15) is 17.5 Å². The van der Waals surface area contributed by atoms with E-state index in [9.17, 15) is 13.2 Å². The van der Waals surface area contributed by atoms with Crippen LogP contribution in [0.2, 0.25) is 0 Å². The van der Waals surface area contributed by atoms with Gasteiger partial charge in [0.05, 0.1) is 0 Å². The highest BCUT2D eigenvalue weighted by atomic mass is 19.1. The van der Waals surface area contributed by atoms with Gasteiger partial charge in [-0.25, -0.2) is 13.2 Å². The second-order valence-corrected chi connectivity index (χ2v) is 4.55. The van der Waals surface area contributed by atoms with Gasteiger partial charge in [0.25, 0.3) is 0 Å². The van der Waals surface area contributed by atoms with Gasteiger partial charge in [-0.05, 0) is 42.2 Å². The fraction of sp³-hybridized carbons (Fsp3) is 0.200. The first kappa shape index (κ1) is 13.6. The van der Waals surface area contributed by atoms with Crippen molar-refractivity contribution in [3.8, 4) is 0 Å². The predicted molar refractivity (Wildman–Crippen MR) is 68.1 cm³/mol. The number of hydrogen-bond acceptors (Lipinski definition) is 1. The van der Waals surface area contributed by atoms with Crippen LogP contribution in [-0.4, -0.2) is 0 Å². The molecule has 0 fully saturated rings. The first-order chi connectivity index (χ1) is 8.97. The van der Waals surface area contributed by atoms with Crippen LogP contribution < -0.4 is 5.73 Å². The summed E-state index contributed by atoms with van der Waals surface area (Å²) >= 11 is 0. The van der Waals surface area contributed by atoms with Gasteiger partial charge in [0.2, 0.25) is 0 Å². The van der Waals surface area contributed by atoms with Crippen molar-refractivity contribution in [3.05, 3.63) is 70.5 Å². The Morgan fingerprint density at radius 1 is 1.00 bits per heavy atom. The molecule has 2 aromatic rings. The summed E-state index contributed by atoms with van der Waals surface area (Å²) in [6, 6.07) is 7.51. The summed E-state index contributed by atoms with van der Waals surface area (Å²) in [5.74, 6) is -1.60. The molecule has 0 amide bonds. The highest BCUT2D eigenvalue weighted by molar-refractivity contribution is 5.28. The largest absolute Gasteiger partial charge is 0.324 e. The van der Waals surface area contributed by atoms with Crippen LogP contribution in [0.5, 0.6) is 0 Å². The average molecular weight is 265 g/mol. The molecule has 2 N–H and O–H groups in total. The minimum absolute atomic E-state index is 0.189. The SMILES string of the molecule is Cc1ccc(C(N)Cc2ccc(F)cc2F)cc1F. The van der Waals surface area contributed by atoms with Crippen LogP contribution in [0.25, 0.3) is 0 Å². The first-order valence-electron chi connectivity index (χ1n) is 5.93. The van der Waals surface area contributed by atoms with E-state index >= 15 is 0 Å². The molecule has 0 aromatic heterocycles. The van der Waals surface area contributed by atoms with E-state index in [0.29, 0.717) is 16.7 Å². The molecule has 0 heterocycles. The van der Waals surface area contributed by atoms with Gasteiger partial charge in [-0.1, -0.05) is 18.2 Å². The van der Waals surface area contributed by atoms with Gasteiger partial charge in [-0.2, -0.15) is 0 Å². The molecule has 0 spiro atoms. The van der Waals surface area contributed by atoms with Crippen molar-refractivity contribution in [2.45, 2.75) is 19.4 Å². The van der Waals surface area contributed by atoms with Crippen molar-refractivity contribution in [3.63, 3.8) is 0 Å². The van der Waals surface area contributed by atoms with Gasteiger partial charge in [0.15, 0.2) is 0 Å². The molecule has 0 aliphatic heterocycles. The maximum atomic E-state index is 13.5. The van der Waals surface area contributed by atoms with Crippen molar-refractivity contribution in [2.75, 3.05) is 0 Å². The Morgan fingerprint density at radius 2 is 1.74 bits per heavy atom. The van der Waals surface area contributed by atoms with E-state index in [0.717, 1.165) is 6.07 Å². The summed E-state index contributed by atoms with van der Waals surface area (Å²) in [5.41, 5.74) is 7.36. The third kappa shape index (κ3) is 3.15. The molecule has 1 unspecified atom stereocenters. The topological polar surface area (TPSA) is 26.0 Å². The van der Waals surface area contributed by atoms with Crippen LogP contribution in [0.15, 0.2) is 36.4 Å². The quantitative estimate of drug-likeness (QED) is 0.900. The lowest BCUT2D eigenvalue weighted by Crippen LogP contribution is -2.14. The molecule has 2 rings (SSSR count). The lowest BCUT2D eigenvalue weighted by molar-refractivity contribution is 0.562. The molecule has 0 radical (unpaired) electrons. The molecule has 0 aliphatic carbocycles. The Hall–Kier alpha value is -1.81. The van der Waals surface area contributed by atoms with Gasteiger partial charge < -0.3 is 5.73 Å². The molecule has 1 nitrogen and oxygen atoms in total. The molecule has 0 saturated carbocycles. The van der Waals surface area contributed by atoms with Crippen molar-refractivity contribution >= 4 is 0 Å². The van der Waals surface area contributed by atoms with Crippen LogP contribution in [0.1, 0.15) is 22.7 Å². The monoisotopic (exact) mass is 265 g/mol. The summed E-state index contributed by atoms with van der Waals surface area (Å²) in [6.07, 6.45) is 0.189. The molecule has 100 valence electrons. The smallest absolute Gasteiger partial charge is 0.129 e. The summed E-state index contributed by atoms with van der Waals surface area (Å²) in [4.78, 5) is 0. The molecule has 2 aromatic carbocycles. The highest BCUT2D eigenvalue weighted by Crippen LogP contribution is 2.20. The van der Waals surface area contributed by atoms with E-state index in [2.05, 4.69) is 0 Å². The normalized spacial score (nSPS) is 12.5. The van der Waals surface area contributed by atoms with Gasteiger partial charge >= 0.3 is 0 Å². The second kappa shape index (κ2) is 5.45. The van der Waals surface area contributed by atoms with Crippen LogP contribution in [0, 0.1) is 24.4 Å². The van der Waals surface area contributed by atoms with E-state index < -0.39 is 17.7 Å². The number of halogens is 3. The number of aryl methyl sites for hydroxylation is 1. The summed E-state index contributed by atoms with van der Waals surface area (Å²) in [5, 5.41) is 0. The van der Waals surface area contributed by atoms with Crippen LogP contribution in [0.3, 0.4) is 0 Å². The molecular weight excluding hydrogens is 251 g/mol. The Morgan fingerprint density at radius 3 is 2.37 bits per heavy atom. The fourth-order valence-corrected chi connectivity index (χ4v) is 1.88. The van der Waals surface area contributed by atoms with E-state index in [1.165, 1.54) is 18.2 Å². The third-order valence-corrected chi connectivity index (χ3v) is 3.08. The zero-order valence-electron chi connectivity index (χ0n) is 10.5. The maximum Gasteiger partial charge on any atom is 0.129 e. The first-order valence-corrected chi connectivity index (χ1v) is 5.93. The lowest BCUT2D eigenvalue weighted by Gasteiger charge is -2.13. The molecule has 0 aliphatic rings. The van der Waals surface area contributed by atoms with Crippen LogP contribution in [-0.2, 0) is 6.42 Å². The van der Waals surface area contributed by atoms with Crippen molar-refractivity contribution in [2.24, 2.45) is 5.73 Å². The Balaban J connectivity index is 2.20. The minimum Gasteiger partial charge on any atom is -0.324 e. The van der Waals surface area contributed by atoms with Gasteiger partial charge in [0, 0.05) is 12.1 Å². The molecule has 19 heavy (non-hydrogen) atoms. The van der Waals surface area contributed by atoms with E-state index in [1.807, 2.05) is 0 Å². The maximum absolute atomic E-state index is 13.5. The molecule has 0 saturated heterocycles. The second-order valence-electron chi connectivity index (χ2n) is 4.55. The summed E-state index contributed by atoms with van der Waals surface area (Å²) < 4.78 is 39.7. The van der Waals surface area contributed by atoms with E-state index in [1.54, 1.807) is 19.1 Å². The minimum atomic E-state index is -0.636. The van der Waals surface area contributed by atoms with Crippen molar-refractivity contribution in [1.29, 1.82) is 0 Å². The molecule has 4 heteroatoms. The van der Waals surface area contributed by atoms with Crippen LogP contribution in [0.4, 0.5) is 13.2 Å². The molecular formula is C15H14F3N. The van der Waals surface area contributed by atoms with Crippen LogP contribution >= 0.6 is 0 Å². The fourth-order valence-electron chi connectivity index (χ4n) is 1.88. The van der Waals surface area contributed by atoms with E-state index in [-0.39, 0.29) is 12.2 Å². The predicted octanol–water partition coefficient (Wildman–Crippen LogP) is 3.65. The number of benzene rings is 2. The zero-order chi connectivity index (χ0) is 14.0. The summed E-state index contributed by atoms with van der Waals surface area (Å²) in [7, 11) is 0. The highest BCUT2D eigenvalue weighted by Gasteiger charge is 2.12. The van der Waals surface area contributed by atoms with Crippen molar-refractivity contribution in [1.82, 2.24) is 0 Å². The Labute approximate surface area is 109 Å². The zero-order valence-corrected chi connectivity index (χ0v) is 10.5. The number of nitrogens with two attached hydrogens (primary N) is 1. The standard InChI is InChI=1S/C15H14F3N/c1-9-2-3-11(6-13(9)17)15(19)7-10-4-5-12(16)8-14(10)18/h2-6,8,15H,7,19H2,1H3. The lowest BCUT2D eigenvalue weighted by atomic mass is 9.98. The van der Waals surface area contributed by atoms with E-state index in [4.69, 9.17) is 5.73 Å². The van der Waals surface area contributed by atoms with Crippen molar-refractivity contribution < 1.29 is 13.2 Å². The number of hydrogen-bond donors (Lipinski definition) is 1. The summed E-state index contributed by atoms with van der Waals surface area (Å²) in [6.45, 7) is 1.66. The number of rotatable bonds is 3. The molecule has 0 bridgehead atoms. The van der Waals surface area contributed by atoms with Gasteiger partial charge in [-0.3, -0.25) is 0 Å². The Bertz CT molecular complexity index is 596. The Kier molecular flexibility index (Phi) is 3.90.